The van der Waals surface area contributed by atoms with Gasteiger partial charge in [0.2, 0.25) is 11.9 Å². The standard InChI is InChI=1S/C25H27N9/c1-33-20-10-6-5-9-19(20)29-25(33)32-24-30-22-21(26-16-27-22)23(31-24)28-18-11-13-34(14-12-18)15-17-7-3-2-4-8-17/h2-10,16,18H,11-15H2,1H3,(H3,26,27,28,29,30,31,32). The molecule has 9 nitrogen and oxygen atoms in total. The van der Waals surface area contributed by atoms with E-state index < -0.39 is 0 Å². The number of aromatic amines is 1. The van der Waals surface area contributed by atoms with E-state index in [0.29, 0.717) is 23.6 Å². The topological polar surface area (TPSA) is 99.6 Å². The van der Waals surface area contributed by atoms with Gasteiger partial charge in [-0.25, -0.2) is 9.97 Å². The number of nitrogens with one attached hydrogen (secondary N) is 3. The highest BCUT2D eigenvalue weighted by Gasteiger charge is 2.21. The molecule has 0 amide bonds. The number of aromatic nitrogens is 6. The van der Waals surface area contributed by atoms with E-state index in [0.717, 1.165) is 54.8 Å². The van der Waals surface area contributed by atoms with Gasteiger partial charge in [-0.15, -0.1) is 0 Å². The number of piperidine rings is 1. The lowest BCUT2D eigenvalue weighted by Crippen LogP contribution is -2.38. The first-order valence-electron chi connectivity index (χ1n) is 11.7. The molecular weight excluding hydrogens is 426 g/mol. The van der Waals surface area contributed by atoms with Crippen molar-refractivity contribution >= 4 is 39.9 Å². The monoisotopic (exact) mass is 453 g/mol. The molecule has 3 aromatic heterocycles. The van der Waals surface area contributed by atoms with Crippen LogP contribution in [0.4, 0.5) is 17.7 Å². The van der Waals surface area contributed by atoms with Crippen LogP contribution in [0.25, 0.3) is 22.2 Å². The summed E-state index contributed by atoms with van der Waals surface area (Å²) in [5.41, 5.74) is 4.78. The number of aryl methyl sites for hydroxylation is 1. The van der Waals surface area contributed by atoms with Crippen LogP contribution in [0.15, 0.2) is 60.9 Å². The van der Waals surface area contributed by atoms with E-state index in [1.165, 1.54) is 5.56 Å². The Morgan fingerprint density at radius 2 is 1.76 bits per heavy atom. The molecule has 1 aliphatic rings. The van der Waals surface area contributed by atoms with Gasteiger partial charge in [0.15, 0.2) is 11.5 Å². The van der Waals surface area contributed by atoms with E-state index >= 15 is 0 Å². The molecule has 3 N–H and O–H groups in total. The third kappa shape index (κ3) is 4.06. The van der Waals surface area contributed by atoms with Gasteiger partial charge in [-0.05, 0) is 30.5 Å². The molecule has 1 fully saturated rings. The van der Waals surface area contributed by atoms with Crippen LogP contribution in [0.1, 0.15) is 18.4 Å². The molecule has 2 aromatic carbocycles. The molecule has 9 heteroatoms. The van der Waals surface area contributed by atoms with Gasteiger partial charge in [0, 0.05) is 32.7 Å². The zero-order valence-corrected chi connectivity index (χ0v) is 19.1. The Morgan fingerprint density at radius 3 is 2.59 bits per heavy atom. The average molecular weight is 454 g/mol. The maximum atomic E-state index is 4.79. The summed E-state index contributed by atoms with van der Waals surface area (Å²) in [7, 11) is 1.98. The van der Waals surface area contributed by atoms with Crippen LogP contribution in [-0.4, -0.2) is 53.5 Å². The minimum absolute atomic E-state index is 0.344. The lowest BCUT2D eigenvalue weighted by atomic mass is 10.0. The van der Waals surface area contributed by atoms with Crippen LogP contribution < -0.4 is 10.6 Å². The first kappa shape index (κ1) is 20.6. The number of H-pyrrole nitrogens is 1. The number of nitrogens with zero attached hydrogens (tertiary/aromatic N) is 6. The predicted molar refractivity (Wildman–Crippen MR) is 134 cm³/mol. The highest BCUT2D eigenvalue weighted by molar-refractivity contribution is 5.84. The second-order valence-electron chi connectivity index (χ2n) is 8.79. The fourth-order valence-corrected chi connectivity index (χ4v) is 4.62. The van der Waals surface area contributed by atoms with Crippen molar-refractivity contribution in [3.05, 3.63) is 66.5 Å². The van der Waals surface area contributed by atoms with E-state index in [4.69, 9.17) is 4.98 Å². The lowest BCUT2D eigenvalue weighted by molar-refractivity contribution is 0.211. The molecule has 6 rings (SSSR count). The van der Waals surface area contributed by atoms with Gasteiger partial charge in [-0.1, -0.05) is 42.5 Å². The fourth-order valence-electron chi connectivity index (χ4n) is 4.62. The molecule has 4 heterocycles. The van der Waals surface area contributed by atoms with Crippen LogP contribution in [0, 0.1) is 0 Å². The SMILES string of the molecule is Cn1c(Nc2nc(NC3CCN(Cc4ccccc4)CC3)c3[nH]cnc3n2)nc2ccccc21. The zero-order chi connectivity index (χ0) is 22.9. The molecule has 0 atom stereocenters. The van der Waals surface area contributed by atoms with Crippen molar-refractivity contribution in [3.8, 4) is 0 Å². The molecular formula is C25H27N9. The summed E-state index contributed by atoms with van der Waals surface area (Å²) in [4.78, 5) is 24.1. The fraction of sp³-hybridized carbons (Fsp3) is 0.280. The molecule has 1 aliphatic heterocycles. The molecule has 0 radical (unpaired) electrons. The average Bonchev–Trinajstić information content (AvgIpc) is 3.46. The van der Waals surface area contributed by atoms with E-state index in [2.05, 4.69) is 65.8 Å². The normalized spacial score (nSPS) is 15.2. The molecule has 1 saturated heterocycles. The highest BCUT2D eigenvalue weighted by atomic mass is 15.3. The summed E-state index contributed by atoms with van der Waals surface area (Å²) in [6.07, 6.45) is 3.77. The Hall–Kier alpha value is -3.98. The van der Waals surface area contributed by atoms with Crippen molar-refractivity contribution < 1.29 is 0 Å². The first-order chi connectivity index (χ1) is 16.7. The third-order valence-corrected chi connectivity index (χ3v) is 6.47. The number of hydrogen-bond donors (Lipinski definition) is 3. The summed E-state index contributed by atoms with van der Waals surface area (Å²) in [6.45, 7) is 3.10. The Kier molecular flexibility index (Phi) is 5.31. The summed E-state index contributed by atoms with van der Waals surface area (Å²) in [5, 5.41) is 6.93. The highest BCUT2D eigenvalue weighted by Crippen LogP contribution is 2.25. The van der Waals surface area contributed by atoms with Crippen LogP contribution in [0.5, 0.6) is 0 Å². The summed E-state index contributed by atoms with van der Waals surface area (Å²) in [6, 6.07) is 19.0. The quantitative estimate of drug-likeness (QED) is 0.356. The van der Waals surface area contributed by atoms with Crippen LogP contribution >= 0.6 is 0 Å². The van der Waals surface area contributed by atoms with Crippen molar-refractivity contribution in [1.82, 2.24) is 34.4 Å². The van der Waals surface area contributed by atoms with E-state index in [1.54, 1.807) is 6.33 Å². The second-order valence-corrected chi connectivity index (χ2v) is 8.79. The Bertz CT molecular complexity index is 1410. The number of imidazole rings is 2. The van der Waals surface area contributed by atoms with Gasteiger partial charge in [0.05, 0.1) is 17.4 Å². The minimum Gasteiger partial charge on any atom is -0.365 e. The maximum Gasteiger partial charge on any atom is 0.233 e. The van der Waals surface area contributed by atoms with E-state index in [-0.39, 0.29) is 0 Å². The molecule has 5 aromatic rings. The summed E-state index contributed by atoms with van der Waals surface area (Å²) >= 11 is 0. The third-order valence-electron chi connectivity index (χ3n) is 6.47. The molecule has 172 valence electrons. The van der Waals surface area contributed by atoms with Crippen molar-refractivity contribution in [2.24, 2.45) is 7.05 Å². The Labute approximate surface area is 197 Å². The summed E-state index contributed by atoms with van der Waals surface area (Å²) in [5.74, 6) is 1.93. The number of anilines is 3. The number of fused-ring (bicyclic) bond motifs is 2. The summed E-state index contributed by atoms with van der Waals surface area (Å²) < 4.78 is 2.00. The lowest BCUT2D eigenvalue weighted by Gasteiger charge is -2.32. The molecule has 34 heavy (non-hydrogen) atoms. The minimum atomic E-state index is 0.344. The van der Waals surface area contributed by atoms with Gasteiger partial charge in [-0.3, -0.25) is 10.2 Å². The van der Waals surface area contributed by atoms with E-state index in [1.807, 2.05) is 35.9 Å². The molecule has 0 aliphatic carbocycles. The number of benzene rings is 2. The van der Waals surface area contributed by atoms with Gasteiger partial charge >= 0.3 is 0 Å². The van der Waals surface area contributed by atoms with Gasteiger partial charge in [-0.2, -0.15) is 9.97 Å². The van der Waals surface area contributed by atoms with Crippen LogP contribution in [0.2, 0.25) is 0 Å². The molecule has 0 saturated carbocycles. The number of rotatable bonds is 6. The van der Waals surface area contributed by atoms with Crippen molar-refractivity contribution in [3.63, 3.8) is 0 Å². The van der Waals surface area contributed by atoms with Crippen molar-refractivity contribution in [2.75, 3.05) is 23.7 Å². The van der Waals surface area contributed by atoms with E-state index in [9.17, 15) is 0 Å². The van der Waals surface area contributed by atoms with Gasteiger partial charge in [0.1, 0.15) is 5.52 Å². The Morgan fingerprint density at radius 1 is 0.971 bits per heavy atom. The smallest absolute Gasteiger partial charge is 0.233 e. The van der Waals surface area contributed by atoms with Gasteiger partial charge in [0.25, 0.3) is 0 Å². The van der Waals surface area contributed by atoms with Gasteiger partial charge < -0.3 is 14.9 Å². The van der Waals surface area contributed by atoms with Crippen molar-refractivity contribution in [2.45, 2.75) is 25.4 Å². The molecule has 0 spiro atoms. The first-order valence-corrected chi connectivity index (χ1v) is 11.7. The van der Waals surface area contributed by atoms with Crippen LogP contribution in [0.3, 0.4) is 0 Å². The number of likely N-dealkylation sites (tertiary alicyclic amines) is 1. The predicted octanol–water partition coefficient (Wildman–Crippen LogP) is 4.06. The second kappa shape index (κ2) is 8.75. The molecule has 0 unspecified atom stereocenters. The molecule has 0 bridgehead atoms. The zero-order valence-electron chi connectivity index (χ0n) is 19.1. The largest absolute Gasteiger partial charge is 0.365 e. The van der Waals surface area contributed by atoms with Crippen molar-refractivity contribution in [1.29, 1.82) is 0 Å². The number of hydrogen-bond acceptors (Lipinski definition) is 7. The maximum absolute atomic E-state index is 4.79. The number of para-hydroxylation sites is 2. The Balaban J connectivity index is 1.18. The van der Waals surface area contributed by atoms with Crippen LogP contribution in [-0.2, 0) is 13.6 Å².